The third kappa shape index (κ3) is 5.18. The number of aliphatic imine (C=N–C) groups is 1. The largest absolute Gasteiger partial charge is 0.486 e. The third-order valence-electron chi connectivity index (χ3n) is 4.58. The highest BCUT2D eigenvalue weighted by atomic mass is 35.5. The normalized spacial score (nSPS) is 15.6. The Bertz CT molecular complexity index is 1180. The summed E-state index contributed by atoms with van der Waals surface area (Å²) in [7, 11) is -3.76. The number of fused-ring (bicyclic) bond motifs is 1. The van der Waals surface area contributed by atoms with Gasteiger partial charge in [0.15, 0.2) is 11.5 Å². The van der Waals surface area contributed by atoms with Crippen LogP contribution in [0.3, 0.4) is 0 Å². The lowest BCUT2D eigenvalue weighted by molar-refractivity contribution is -0.111. The molecule has 162 valence electrons. The van der Waals surface area contributed by atoms with Crippen LogP contribution in [-0.2, 0) is 14.8 Å². The highest BCUT2D eigenvalue weighted by Gasteiger charge is 2.19. The SMILES string of the molecule is O=C(/C=C/c1cc(Cl)c2c(c1)OCCO2)Nc1cccc(S(=O)(=O)NC2=NCCC2)c1. The third-order valence-corrected chi connectivity index (χ3v) is 6.24. The average molecular weight is 462 g/mol. The summed E-state index contributed by atoms with van der Waals surface area (Å²) in [6.45, 7) is 1.48. The Morgan fingerprint density at radius 1 is 1.16 bits per heavy atom. The van der Waals surface area contributed by atoms with E-state index in [0.717, 1.165) is 6.42 Å². The molecule has 0 radical (unpaired) electrons. The minimum atomic E-state index is -3.76. The van der Waals surface area contributed by atoms with Crippen LogP contribution in [0, 0.1) is 0 Å². The van der Waals surface area contributed by atoms with Crippen molar-refractivity contribution >= 4 is 45.1 Å². The Morgan fingerprint density at radius 3 is 2.81 bits per heavy atom. The molecule has 8 nitrogen and oxygen atoms in total. The van der Waals surface area contributed by atoms with E-state index in [1.807, 2.05) is 0 Å². The molecule has 10 heteroatoms. The Labute approximate surface area is 185 Å². The first-order valence-corrected chi connectivity index (χ1v) is 11.5. The van der Waals surface area contributed by atoms with Gasteiger partial charge in [-0.05, 0) is 48.4 Å². The van der Waals surface area contributed by atoms with Gasteiger partial charge in [0, 0.05) is 24.7 Å². The number of hydrogen-bond acceptors (Lipinski definition) is 6. The van der Waals surface area contributed by atoms with Gasteiger partial charge in [-0.25, -0.2) is 8.42 Å². The van der Waals surface area contributed by atoms with Gasteiger partial charge in [0.1, 0.15) is 19.0 Å². The predicted molar refractivity (Wildman–Crippen MR) is 118 cm³/mol. The highest BCUT2D eigenvalue weighted by Crippen LogP contribution is 2.38. The van der Waals surface area contributed by atoms with Crippen molar-refractivity contribution < 1.29 is 22.7 Å². The maximum Gasteiger partial charge on any atom is 0.262 e. The van der Waals surface area contributed by atoms with Gasteiger partial charge in [0.25, 0.3) is 10.0 Å². The Hall–Kier alpha value is -3.04. The standard InChI is InChI=1S/C21H20ClN3O5S/c22-17-11-14(12-18-21(17)30-10-9-29-18)6-7-20(26)24-15-3-1-4-16(13-15)31(27,28)25-19-5-2-8-23-19/h1,3-4,6-7,11-13H,2,5,8-10H2,(H,23,25)(H,24,26)/b7-6+. The molecule has 1 amide bonds. The zero-order valence-electron chi connectivity index (χ0n) is 16.4. The van der Waals surface area contributed by atoms with Crippen LogP contribution in [0.1, 0.15) is 18.4 Å². The molecular formula is C21H20ClN3O5S. The van der Waals surface area contributed by atoms with Crippen LogP contribution in [0.4, 0.5) is 5.69 Å². The van der Waals surface area contributed by atoms with Crippen molar-refractivity contribution in [3.8, 4) is 11.5 Å². The Morgan fingerprint density at radius 2 is 2.00 bits per heavy atom. The number of halogens is 1. The molecule has 2 heterocycles. The maximum absolute atomic E-state index is 12.5. The summed E-state index contributed by atoms with van der Waals surface area (Å²) < 4.78 is 38.6. The van der Waals surface area contributed by atoms with Crippen molar-refractivity contribution in [1.29, 1.82) is 0 Å². The van der Waals surface area contributed by atoms with Gasteiger partial charge in [-0.1, -0.05) is 17.7 Å². The van der Waals surface area contributed by atoms with Gasteiger partial charge in [-0.3, -0.25) is 14.5 Å². The first-order valence-electron chi connectivity index (χ1n) is 9.65. The van der Waals surface area contributed by atoms with Gasteiger partial charge in [-0.15, -0.1) is 0 Å². The van der Waals surface area contributed by atoms with E-state index < -0.39 is 15.9 Å². The first-order chi connectivity index (χ1) is 14.9. The number of ether oxygens (including phenoxy) is 2. The molecule has 0 aromatic heterocycles. The van der Waals surface area contributed by atoms with E-state index in [2.05, 4.69) is 15.0 Å². The van der Waals surface area contributed by atoms with Gasteiger partial charge >= 0.3 is 0 Å². The zero-order valence-corrected chi connectivity index (χ0v) is 18.0. The minimum absolute atomic E-state index is 0.0440. The molecule has 31 heavy (non-hydrogen) atoms. The molecule has 0 aliphatic carbocycles. The molecule has 0 atom stereocenters. The quantitative estimate of drug-likeness (QED) is 0.665. The molecule has 0 unspecified atom stereocenters. The molecule has 2 aromatic carbocycles. The Balaban J connectivity index is 1.44. The number of carbonyl (C=O) groups is 1. The first kappa shape index (κ1) is 21.2. The van der Waals surface area contributed by atoms with E-state index >= 15 is 0 Å². The number of nitrogens with zero attached hydrogens (tertiary/aromatic N) is 1. The summed E-state index contributed by atoms with van der Waals surface area (Å²) in [6, 6.07) is 9.42. The van der Waals surface area contributed by atoms with Crippen molar-refractivity contribution in [2.45, 2.75) is 17.7 Å². The summed E-state index contributed by atoms with van der Waals surface area (Å²) in [5.41, 5.74) is 1.02. The number of carbonyl (C=O) groups excluding carboxylic acids is 1. The lowest BCUT2D eigenvalue weighted by Crippen LogP contribution is -2.29. The fourth-order valence-corrected chi connectivity index (χ4v) is 4.57. The second-order valence-electron chi connectivity index (χ2n) is 6.91. The van der Waals surface area contributed by atoms with Crippen molar-refractivity contribution in [3.05, 3.63) is 53.1 Å². The summed E-state index contributed by atoms with van der Waals surface area (Å²) >= 11 is 6.20. The molecule has 2 N–H and O–H groups in total. The lowest BCUT2D eigenvalue weighted by atomic mass is 10.1. The molecule has 0 spiro atoms. The lowest BCUT2D eigenvalue weighted by Gasteiger charge is -2.19. The number of rotatable bonds is 5. The number of amidine groups is 1. The van der Waals surface area contributed by atoms with Crippen molar-refractivity contribution in [2.75, 3.05) is 25.1 Å². The topological polar surface area (TPSA) is 106 Å². The van der Waals surface area contributed by atoms with Crippen molar-refractivity contribution in [3.63, 3.8) is 0 Å². The van der Waals surface area contributed by atoms with Crippen LogP contribution in [0.5, 0.6) is 11.5 Å². The smallest absolute Gasteiger partial charge is 0.262 e. The van der Waals surface area contributed by atoms with Crippen LogP contribution >= 0.6 is 11.6 Å². The summed E-state index contributed by atoms with van der Waals surface area (Å²) in [5, 5.41) is 3.06. The van der Waals surface area contributed by atoms with E-state index in [1.165, 1.54) is 18.2 Å². The van der Waals surface area contributed by atoms with Gasteiger partial charge in [0.05, 0.1) is 9.92 Å². The molecule has 2 aliphatic heterocycles. The average Bonchev–Trinajstić information content (AvgIpc) is 3.25. The van der Waals surface area contributed by atoms with E-state index in [1.54, 1.807) is 30.3 Å². The number of hydrogen-bond donors (Lipinski definition) is 2. The molecule has 0 bridgehead atoms. The number of nitrogens with one attached hydrogen (secondary N) is 2. The van der Waals surface area contributed by atoms with E-state index in [-0.39, 0.29) is 4.90 Å². The van der Waals surface area contributed by atoms with Gasteiger partial charge < -0.3 is 14.8 Å². The monoisotopic (exact) mass is 461 g/mol. The van der Waals surface area contributed by atoms with Crippen molar-refractivity contribution in [2.24, 2.45) is 4.99 Å². The van der Waals surface area contributed by atoms with Crippen LogP contribution in [0.15, 0.2) is 52.4 Å². The van der Waals surface area contributed by atoms with Crippen LogP contribution in [-0.4, -0.2) is 39.9 Å². The molecule has 0 fully saturated rings. The molecule has 2 aliphatic rings. The number of benzene rings is 2. The highest BCUT2D eigenvalue weighted by molar-refractivity contribution is 7.90. The molecule has 4 rings (SSSR count). The second kappa shape index (κ2) is 8.99. The van der Waals surface area contributed by atoms with E-state index in [0.29, 0.717) is 59.8 Å². The fourth-order valence-electron chi connectivity index (χ4n) is 3.16. The van der Waals surface area contributed by atoms with Crippen LogP contribution in [0.25, 0.3) is 6.08 Å². The number of sulfonamides is 1. The minimum Gasteiger partial charge on any atom is -0.486 e. The zero-order chi connectivity index (χ0) is 21.8. The Kier molecular flexibility index (Phi) is 6.15. The number of anilines is 1. The molecule has 0 saturated heterocycles. The summed E-state index contributed by atoms with van der Waals surface area (Å²) in [5.74, 6) is 1.05. The summed E-state index contributed by atoms with van der Waals surface area (Å²) in [6.07, 6.45) is 4.34. The fraction of sp³-hybridized carbons (Fsp3) is 0.238. The maximum atomic E-state index is 12.5. The van der Waals surface area contributed by atoms with E-state index in [9.17, 15) is 13.2 Å². The molecular weight excluding hydrogens is 442 g/mol. The number of amides is 1. The second-order valence-corrected chi connectivity index (χ2v) is 9.00. The molecule has 0 saturated carbocycles. The van der Waals surface area contributed by atoms with Crippen LogP contribution in [0.2, 0.25) is 5.02 Å². The van der Waals surface area contributed by atoms with E-state index in [4.69, 9.17) is 21.1 Å². The van der Waals surface area contributed by atoms with Gasteiger partial charge in [-0.2, -0.15) is 0 Å². The summed E-state index contributed by atoms with van der Waals surface area (Å²) in [4.78, 5) is 16.5. The predicted octanol–water partition coefficient (Wildman–Crippen LogP) is 3.23. The van der Waals surface area contributed by atoms with Gasteiger partial charge in [0.2, 0.25) is 5.91 Å². The van der Waals surface area contributed by atoms with Crippen molar-refractivity contribution in [1.82, 2.24) is 4.72 Å². The molecule has 2 aromatic rings. The van der Waals surface area contributed by atoms with Crippen LogP contribution < -0.4 is 19.5 Å².